The van der Waals surface area contributed by atoms with Crippen molar-refractivity contribution in [2.75, 3.05) is 25.5 Å². The van der Waals surface area contributed by atoms with E-state index in [0.29, 0.717) is 6.54 Å². The maximum Gasteiger partial charge on any atom is 0.121 e. The van der Waals surface area contributed by atoms with Crippen molar-refractivity contribution in [3.05, 3.63) is 23.8 Å². The third-order valence-corrected chi connectivity index (χ3v) is 2.21. The molecule has 0 aromatic heterocycles. The molecule has 0 radical (unpaired) electrons. The number of aliphatic hydroxyl groups is 1. The van der Waals surface area contributed by atoms with Gasteiger partial charge in [0, 0.05) is 18.8 Å². The van der Waals surface area contributed by atoms with Gasteiger partial charge in [0.15, 0.2) is 0 Å². The van der Waals surface area contributed by atoms with Crippen LogP contribution < -0.4 is 15.8 Å². The van der Waals surface area contributed by atoms with Gasteiger partial charge in [-0.1, -0.05) is 0 Å². The number of aryl methyl sites for hydroxylation is 1. The van der Waals surface area contributed by atoms with E-state index in [4.69, 9.17) is 10.5 Å². The highest BCUT2D eigenvalue weighted by Crippen LogP contribution is 2.21. The highest BCUT2D eigenvalue weighted by atomic mass is 16.5. The molecule has 1 rings (SSSR count). The summed E-state index contributed by atoms with van der Waals surface area (Å²) in [7, 11) is 1.65. The van der Waals surface area contributed by atoms with Crippen LogP contribution >= 0.6 is 0 Å². The summed E-state index contributed by atoms with van der Waals surface area (Å²) in [5, 5.41) is 12.4. The normalized spacial score (nSPS) is 12.3. The second kappa shape index (κ2) is 5.58. The Morgan fingerprint density at radius 3 is 2.80 bits per heavy atom. The Hall–Kier alpha value is -1.26. The Bertz CT molecular complexity index is 315. The van der Waals surface area contributed by atoms with E-state index >= 15 is 0 Å². The fourth-order valence-electron chi connectivity index (χ4n) is 1.31. The molecule has 0 aliphatic carbocycles. The SMILES string of the molecule is COc1ccc(NCC(O)CN)cc1C. The van der Waals surface area contributed by atoms with Crippen LogP contribution in [0.5, 0.6) is 5.75 Å². The molecule has 0 bridgehead atoms. The Kier molecular flexibility index (Phi) is 4.39. The number of methoxy groups -OCH3 is 1. The summed E-state index contributed by atoms with van der Waals surface area (Å²) in [5.41, 5.74) is 7.32. The summed E-state index contributed by atoms with van der Waals surface area (Å²) in [5.74, 6) is 0.861. The van der Waals surface area contributed by atoms with Gasteiger partial charge in [-0.25, -0.2) is 0 Å². The van der Waals surface area contributed by atoms with Gasteiger partial charge in [-0.15, -0.1) is 0 Å². The van der Waals surface area contributed by atoms with E-state index in [1.165, 1.54) is 0 Å². The van der Waals surface area contributed by atoms with Gasteiger partial charge in [0.1, 0.15) is 5.75 Å². The van der Waals surface area contributed by atoms with E-state index < -0.39 is 6.10 Å². The standard InChI is InChI=1S/C11H18N2O2/c1-8-5-9(3-4-11(8)15-2)13-7-10(14)6-12/h3-5,10,13-14H,6-7,12H2,1-2H3. The van der Waals surface area contributed by atoms with Crippen LogP contribution in [0.2, 0.25) is 0 Å². The zero-order chi connectivity index (χ0) is 11.3. The second-order valence-electron chi connectivity index (χ2n) is 3.45. The van der Waals surface area contributed by atoms with Crippen LogP contribution in [0.3, 0.4) is 0 Å². The van der Waals surface area contributed by atoms with Crippen molar-refractivity contribution in [3.63, 3.8) is 0 Å². The van der Waals surface area contributed by atoms with Gasteiger partial charge >= 0.3 is 0 Å². The molecule has 1 aromatic rings. The van der Waals surface area contributed by atoms with E-state index in [2.05, 4.69) is 5.32 Å². The first kappa shape index (κ1) is 11.8. The summed E-state index contributed by atoms with van der Waals surface area (Å²) >= 11 is 0. The predicted molar refractivity (Wildman–Crippen MR) is 61.3 cm³/mol. The van der Waals surface area contributed by atoms with Crippen LogP contribution in [0.25, 0.3) is 0 Å². The molecule has 4 N–H and O–H groups in total. The first-order chi connectivity index (χ1) is 7.17. The number of nitrogens with two attached hydrogens (primary N) is 1. The fourth-order valence-corrected chi connectivity index (χ4v) is 1.31. The van der Waals surface area contributed by atoms with E-state index in [9.17, 15) is 5.11 Å². The molecule has 1 atom stereocenters. The highest BCUT2D eigenvalue weighted by molar-refractivity contribution is 5.50. The Balaban J connectivity index is 2.59. The van der Waals surface area contributed by atoms with Gasteiger partial charge in [0.25, 0.3) is 0 Å². The molecule has 0 amide bonds. The average molecular weight is 210 g/mol. The van der Waals surface area contributed by atoms with Gasteiger partial charge in [-0.05, 0) is 30.7 Å². The van der Waals surface area contributed by atoms with Gasteiger partial charge < -0.3 is 20.9 Å². The lowest BCUT2D eigenvalue weighted by atomic mass is 10.2. The predicted octanol–water partition coefficient (Wildman–Crippen LogP) is 0.735. The Morgan fingerprint density at radius 2 is 2.27 bits per heavy atom. The maximum atomic E-state index is 9.28. The molecular formula is C11H18N2O2. The lowest BCUT2D eigenvalue weighted by Gasteiger charge is -2.12. The summed E-state index contributed by atoms with van der Waals surface area (Å²) < 4.78 is 5.15. The number of hydrogen-bond acceptors (Lipinski definition) is 4. The maximum absolute atomic E-state index is 9.28. The molecule has 1 aromatic carbocycles. The molecule has 0 aliphatic rings. The summed E-state index contributed by atoms with van der Waals surface area (Å²) in [6, 6.07) is 5.78. The van der Waals surface area contributed by atoms with Crippen molar-refractivity contribution in [3.8, 4) is 5.75 Å². The largest absolute Gasteiger partial charge is 0.496 e. The molecule has 4 nitrogen and oxygen atoms in total. The van der Waals surface area contributed by atoms with Gasteiger partial charge in [-0.3, -0.25) is 0 Å². The van der Waals surface area contributed by atoms with Gasteiger partial charge in [0.2, 0.25) is 0 Å². The molecule has 0 aliphatic heterocycles. The molecule has 0 fully saturated rings. The van der Waals surface area contributed by atoms with Crippen LogP contribution in [-0.4, -0.2) is 31.4 Å². The molecule has 1 unspecified atom stereocenters. The van der Waals surface area contributed by atoms with Gasteiger partial charge in [0.05, 0.1) is 13.2 Å². The third kappa shape index (κ3) is 3.42. The minimum Gasteiger partial charge on any atom is -0.496 e. The topological polar surface area (TPSA) is 67.5 Å². The van der Waals surface area contributed by atoms with E-state index in [1.807, 2.05) is 25.1 Å². The number of rotatable bonds is 5. The molecule has 0 saturated carbocycles. The van der Waals surface area contributed by atoms with E-state index in [0.717, 1.165) is 17.0 Å². The summed E-state index contributed by atoms with van der Waals surface area (Å²) in [4.78, 5) is 0. The first-order valence-corrected chi connectivity index (χ1v) is 4.94. The van der Waals surface area contributed by atoms with Crippen LogP contribution in [0.4, 0.5) is 5.69 Å². The van der Waals surface area contributed by atoms with E-state index in [1.54, 1.807) is 7.11 Å². The van der Waals surface area contributed by atoms with Crippen LogP contribution in [0, 0.1) is 6.92 Å². The lowest BCUT2D eigenvalue weighted by molar-refractivity contribution is 0.196. The molecule has 4 heteroatoms. The van der Waals surface area contributed by atoms with Crippen molar-refractivity contribution in [2.24, 2.45) is 5.73 Å². The Morgan fingerprint density at radius 1 is 1.53 bits per heavy atom. The van der Waals surface area contributed by atoms with Gasteiger partial charge in [-0.2, -0.15) is 0 Å². The number of hydrogen-bond donors (Lipinski definition) is 3. The monoisotopic (exact) mass is 210 g/mol. The first-order valence-electron chi connectivity index (χ1n) is 4.94. The molecule has 0 heterocycles. The minimum absolute atomic E-state index is 0.266. The number of nitrogens with one attached hydrogen (secondary N) is 1. The van der Waals surface area contributed by atoms with Crippen LogP contribution in [0.15, 0.2) is 18.2 Å². The van der Waals surface area contributed by atoms with Crippen molar-refractivity contribution >= 4 is 5.69 Å². The zero-order valence-electron chi connectivity index (χ0n) is 9.16. The second-order valence-corrected chi connectivity index (χ2v) is 3.45. The van der Waals surface area contributed by atoms with Crippen molar-refractivity contribution in [2.45, 2.75) is 13.0 Å². The average Bonchev–Trinajstić information content (AvgIpc) is 2.26. The quantitative estimate of drug-likeness (QED) is 0.670. The molecule has 15 heavy (non-hydrogen) atoms. The zero-order valence-corrected chi connectivity index (χ0v) is 9.16. The molecular weight excluding hydrogens is 192 g/mol. The third-order valence-electron chi connectivity index (χ3n) is 2.21. The highest BCUT2D eigenvalue weighted by Gasteiger charge is 2.02. The van der Waals surface area contributed by atoms with Crippen molar-refractivity contribution in [1.82, 2.24) is 0 Å². The number of aliphatic hydroxyl groups excluding tert-OH is 1. The smallest absolute Gasteiger partial charge is 0.121 e. The van der Waals surface area contributed by atoms with Crippen molar-refractivity contribution < 1.29 is 9.84 Å². The lowest BCUT2D eigenvalue weighted by Crippen LogP contribution is -2.27. The number of benzene rings is 1. The fraction of sp³-hybridized carbons (Fsp3) is 0.455. The molecule has 0 spiro atoms. The summed E-state index contributed by atoms with van der Waals surface area (Å²) in [6.07, 6.45) is -0.507. The Labute approximate surface area is 90.1 Å². The van der Waals surface area contributed by atoms with E-state index in [-0.39, 0.29) is 6.54 Å². The minimum atomic E-state index is -0.507. The molecule has 0 saturated heterocycles. The number of anilines is 1. The van der Waals surface area contributed by atoms with Crippen molar-refractivity contribution in [1.29, 1.82) is 0 Å². The molecule has 84 valence electrons. The number of ether oxygens (including phenoxy) is 1. The van der Waals surface area contributed by atoms with Crippen LogP contribution in [-0.2, 0) is 0 Å². The van der Waals surface area contributed by atoms with Crippen LogP contribution in [0.1, 0.15) is 5.56 Å². The summed E-state index contributed by atoms with van der Waals surface area (Å²) in [6.45, 7) is 2.70.